The Labute approximate surface area is 123 Å². The molecule has 1 fully saturated rings. The molecule has 0 saturated heterocycles. The van der Waals surface area contributed by atoms with Crippen LogP contribution in [0.25, 0.3) is 0 Å². The third-order valence-electron chi connectivity index (χ3n) is 3.19. The number of hydrogen-bond donors (Lipinski definition) is 2. The van der Waals surface area contributed by atoms with Gasteiger partial charge < -0.3 is 10.4 Å². The Kier molecular flexibility index (Phi) is 4.81. The van der Waals surface area contributed by atoms with E-state index in [9.17, 15) is 9.90 Å². The summed E-state index contributed by atoms with van der Waals surface area (Å²) >= 11 is 6.73. The lowest BCUT2D eigenvalue weighted by atomic mass is 10.1. The first-order chi connectivity index (χ1) is 8.54. The smallest absolute Gasteiger partial charge is 0.251 e. The summed E-state index contributed by atoms with van der Waals surface area (Å²) in [5.74, 6) is 0.331. The molecule has 0 spiro atoms. The van der Waals surface area contributed by atoms with Crippen molar-refractivity contribution in [1.82, 2.24) is 5.32 Å². The van der Waals surface area contributed by atoms with E-state index in [-0.39, 0.29) is 12.0 Å². The van der Waals surface area contributed by atoms with Crippen molar-refractivity contribution in [2.75, 3.05) is 6.54 Å². The van der Waals surface area contributed by atoms with Crippen molar-refractivity contribution in [3.05, 3.63) is 32.7 Å². The van der Waals surface area contributed by atoms with Gasteiger partial charge in [0.05, 0.1) is 6.10 Å². The lowest BCUT2D eigenvalue weighted by molar-refractivity contribution is 0.0945. The third kappa shape index (κ3) is 3.80. The van der Waals surface area contributed by atoms with Gasteiger partial charge in [-0.05, 0) is 43.4 Å². The molecule has 1 aromatic carbocycles. The molecule has 3 nitrogen and oxygen atoms in total. The topological polar surface area (TPSA) is 49.3 Å². The molecule has 1 saturated carbocycles. The van der Waals surface area contributed by atoms with E-state index >= 15 is 0 Å². The zero-order valence-electron chi connectivity index (χ0n) is 9.83. The van der Waals surface area contributed by atoms with Gasteiger partial charge in [-0.15, -0.1) is 0 Å². The highest BCUT2D eigenvalue weighted by molar-refractivity contribution is 9.11. The van der Waals surface area contributed by atoms with E-state index in [0.29, 0.717) is 18.0 Å². The highest BCUT2D eigenvalue weighted by atomic mass is 79.9. The van der Waals surface area contributed by atoms with E-state index in [2.05, 4.69) is 37.2 Å². The lowest BCUT2D eigenvalue weighted by Crippen LogP contribution is -2.28. The minimum atomic E-state index is -0.188. The van der Waals surface area contributed by atoms with Crippen LogP contribution in [0.2, 0.25) is 0 Å². The first-order valence-electron chi connectivity index (χ1n) is 5.97. The number of carbonyl (C=O) groups is 1. The number of benzene rings is 1. The van der Waals surface area contributed by atoms with Crippen molar-refractivity contribution in [3.8, 4) is 0 Å². The van der Waals surface area contributed by atoms with Gasteiger partial charge in [-0.25, -0.2) is 0 Å². The van der Waals surface area contributed by atoms with E-state index in [1.165, 1.54) is 0 Å². The van der Waals surface area contributed by atoms with E-state index in [0.717, 1.165) is 28.2 Å². The molecule has 0 bridgehead atoms. The molecule has 1 amide bonds. The second kappa shape index (κ2) is 6.17. The molecule has 5 heteroatoms. The number of carbonyl (C=O) groups excluding carboxylic acids is 1. The predicted octanol–water partition coefficient (Wildman–Crippen LogP) is 3.10. The summed E-state index contributed by atoms with van der Waals surface area (Å²) in [6.45, 7) is 0.639. The highest BCUT2D eigenvalue weighted by Crippen LogP contribution is 2.25. The molecule has 2 N–H and O–H groups in total. The maximum atomic E-state index is 12.0. The van der Waals surface area contributed by atoms with Crippen LogP contribution in [0.3, 0.4) is 0 Å². The molecule has 0 heterocycles. The van der Waals surface area contributed by atoms with Crippen LogP contribution in [0.15, 0.2) is 27.1 Å². The summed E-state index contributed by atoms with van der Waals surface area (Å²) in [7, 11) is 0. The number of halogens is 2. The molecule has 0 aliphatic heterocycles. The first kappa shape index (κ1) is 14.0. The molecular formula is C13H15Br2NO2. The third-order valence-corrected chi connectivity index (χ3v) is 4.11. The first-order valence-corrected chi connectivity index (χ1v) is 7.55. The Balaban J connectivity index is 1.91. The Morgan fingerprint density at radius 1 is 1.28 bits per heavy atom. The van der Waals surface area contributed by atoms with Gasteiger partial charge in [-0.3, -0.25) is 4.79 Å². The van der Waals surface area contributed by atoms with Gasteiger partial charge >= 0.3 is 0 Å². The fourth-order valence-corrected chi connectivity index (χ4v) is 3.55. The zero-order chi connectivity index (χ0) is 13.1. The zero-order valence-corrected chi connectivity index (χ0v) is 13.0. The Hall–Kier alpha value is -0.390. The van der Waals surface area contributed by atoms with Gasteiger partial charge in [-0.2, -0.15) is 0 Å². The van der Waals surface area contributed by atoms with Crippen LogP contribution in [0.5, 0.6) is 0 Å². The second-order valence-electron chi connectivity index (χ2n) is 4.70. The summed E-state index contributed by atoms with van der Waals surface area (Å²) in [5, 5.41) is 12.4. The van der Waals surface area contributed by atoms with Crippen LogP contribution in [-0.4, -0.2) is 23.7 Å². The molecule has 0 radical (unpaired) electrons. The van der Waals surface area contributed by atoms with Crippen molar-refractivity contribution >= 4 is 37.8 Å². The van der Waals surface area contributed by atoms with E-state index in [1.807, 2.05) is 6.07 Å². The quantitative estimate of drug-likeness (QED) is 0.851. The minimum absolute atomic E-state index is 0.0709. The molecule has 98 valence electrons. The predicted molar refractivity (Wildman–Crippen MR) is 77.5 cm³/mol. The van der Waals surface area contributed by atoms with Crippen LogP contribution < -0.4 is 5.32 Å². The van der Waals surface area contributed by atoms with Gasteiger partial charge in [0, 0.05) is 21.1 Å². The molecule has 2 unspecified atom stereocenters. The summed E-state index contributed by atoms with van der Waals surface area (Å²) < 4.78 is 1.75. The molecule has 1 aromatic rings. The number of amides is 1. The molecule has 1 aliphatic rings. The normalized spacial score (nSPS) is 23.1. The van der Waals surface area contributed by atoms with Gasteiger partial charge in [0.25, 0.3) is 5.91 Å². The number of aliphatic hydroxyl groups is 1. The fourth-order valence-electron chi connectivity index (χ4n) is 2.26. The molecule has 2 atom stereocenters. The number of aliphatic hydroxyl groups excluding tert-OH is 1. The molecular weight excluding hydrogens is 362 g/mol. The maximum absolute atomic E-state index is 12.0. The molecule has 1 aliphatic carbocycles. The van der Waals surface area contributed by atoms with Gasteiger partial charge in [0.2, 0.25) is 0 Å². The Bertz CT molecular complexity index is 430. The van der Waals surface area contributed by atoms with Crippen LogP contribution in [-0.2, 0) is 0 Å². The van der Waals surface area contributed by atoms with Crippen LogP contribution in [0.4, 0.5) is 0 Å². The van der Waals surface area contributed by atoms with Gasteiger partial charge in [-0.1, -0.05) is 31.9 Å². The van der Waals surface area contributed by atoms with Gasteiger partial charge in [0.15, 0.2) is 0 Å². The number of hydrogen-bond acceptors (Lipinski definition) is 2. The van der Waals surface area contributed by atoms with Crippen molar-refractivity contribution < 1.29 is 9.90 Å². The number of nitrogens with one attached hydrogen (secondary N) is 1. The summed E-state index contributed by atoms with van der Waals surface area (Å²) in [6.07, 6.45) is 2.45. The van der Waals surface area contributed by atoms with Crippen LogP contribution >= 0.6 is 31.9 Å². The Morgan fingerprint density at radius 3 is 2.50 bits per heavy atom. The van der Waals surface area contributed by atoms with E-state index in [1.54, 1.807) is 12.1 Å². The van der Waals surface area contributed by atoms with E-state index < -0.39 is 0 Å². The van der Waals surface area contributed by atoms with Crippen molar-refractivity contribution in [3.63, 3.8) is 0 Å². The van der Waals surface area contributed by atoms with Crippen molar-refractivity contribution in [1.29, 1.82) is 0 Å². The van der Waals surface area contributed by atoms with Crippen molar-refractivity contribution in [2.24, 2.45) is 5.92 Å². The average Bonchev–Trinajstić information content (AvgIpc) is 2.70. The fraction of sp³-hybridized carbons (Fsp3) is 0.462. The summed E-state index contributed by atoms with van der Waals surface area (Å²) in [4.78, 5) is 12.0. The van der Waals surface area contributed by atoms with Crippen molar-refractivity contribution in [2.45, 2.75) is 25.4 Å². The lowest BCUT2D eigenvalue weighted by Gasteiger charge is -2.11. The number of rotatable bonds is 3. The SMILES string of the molecule is O=C(NCC1CCC(O)C1)c1cc(Br)cc(Br)c1. The monoisotopic (exact) mass is 375 g/mol. The highest BCUT2D eigenvalue weighted by Gasteiger charge is 2.23. The summed E-state index contributed by atoms with van der Waals surface area (Å²) in [5.41, 5.74) is 0.634. The molecule has 2 rings (SSSR count). The van der Waals surface area contributed by atoms with E-state index in [4.69, 9.17) is 0 Å². The minimum Gasteiger partial charge on any atom is -0.393 e. The maximum Gasteiger partial charge on any atom is 0.251 e. The summed E-state index contributed by atoms with van der Waals surface area (Å²) in [6, 6.07) is 5.48. The largest absolute Gasteiger partial charge is 0.393 e. The van der Waals surface area contributed by atoms with Crippen LogP contribution in [0.1, 0.15) is 29.6 Å². The Morgan fingerprint density at radius 2 is 1.94 bits per heavy atom. The molecule has 18 heavy (non-hydrogen) atoms. The second-order valence-corrected chi connectivity index (χ2v) is 6.53. The van der Waals surface area contributed by atoms with Crippen LogP contribution in [0, 0.1) is 5.92 Å². The standard InChI is InChI=1S/C13H15Br2NO2/c14-10-4-9(5-11(15)6-10)13(18)16-7-8-1-2-12(17)3-8/h4-6,8,12,17H,1-3,7H2,(H,16,18). The van der Waals surface area contributed by atoms with Gasteiger partial charge in [0.1, 0.15) is 0 Å². The molecule has 0 aromatic heterocycles. The average molecular weight is 377 g/mol.